The fourth-order valence-electron chi connectivity index (χ4n) is 3.58. The van der Waals surface area contributed by atoms with E-state index in [4.69, 9.17) is 4.98 Å². The first-order chi connectivity index (χ1) is 12.3. The van der Waals surface area contributed by atoms with Crippen LogP contribution in [0.5, 0.6) is 0 Å². The van der Waals surface area contributed by atoms with E-state index in [0.717, 1.165) is 29.3 Å². The molecule has 0 unspecified atom stereocenters. The Hall–Kier alpha value is -2.40. The fraction of sp³-hybridized carbons (Fsp3) is 0.400. The molecule has 0 spiro atoms. The molecule has 1 saturated heterocycles. The first-order valence-electron chi connectivity index (χ1n) is 9.15. The minimum atomic E-state index is 0.891. The van der Waals surface area contributed by atoms with Crippen LogP contribution >= 0.6 is 0 Å². The van der Waals surface area contributed by atoms with Crippen molar-refractivity contribution in [1.82, 2.24) is 19.5 Å². The van der Waals surface area contributed by atoms with Crippen LogP contribution in [0.2, 0.25) is 0 Å². The molecule has 0 N–H and O–H groups in total. The molecular formula is C20H25N5. The van der Waals surface area contributed by atoms with Gasteiger partial charge in [-0.05, 0) is 38.9 Å². The number of aromatic nitrogens is 3. The summed E-state index contributed by atoms with van der Waals surface area (Å²) in [5, 5.41) is 4.46. The maximum Gasteiger partial charge on any atom is 0.157 e. The molecule has 0 atom stereocenters. The monoisotopic (exact) mass is 335 g/mol. The predicted octanol–water partition coefficient (Wildman–Crippen LogP) is 3.32. The van der Waals surface area contributed by atoms with Gasteiger partial charge in [-0.3, -0.25) is 0 Å². The van der Waals surface area contributed by atoms with Gasteiger partial charge in [0.25, 0.3) is 0 Å². The van der Waals surface area contributed by atoms with Crippen molar-refractivity contribution in [2.24, 2.45) is 0 Å². The number of anilines is 1. The topological polar surface area (TPSA) is 36.7 Å². The zero-order chi connectivity index (χ0) is 17.1. The Morgan fingerprint density at radius 3 is 2.68 bits per heavy atom. The summed E-state index contributed by atoms with van der Waals surface area (Å²) in [7, 11) is 2.15. The minimum absolute atomic E-state index is 0.891. The van der Waals surface area contributed by atoms with Gasteiger partial charge >= 0.3 is 0 Å². The summed E-state index contributed by atoms with van der Waals surface area (Å²) in [6.07, 6.45) is 5.70. The molecule has 0 radical (unpaired) electrons. The highest BCUT2D eigenvalue weighted by Gasteiger charge is 2.14. The number of fused-ring (bicyclic) bond motifs is 1. The fourth-order valence-corrected chi connectivity index (χ4v) is 3.58. The van der Waals surface area contributed by atoms with Crippen molar-refractivity contribution in [1.29, 1.82) is 0 Å². The van der Waals surface area contributed by atoms with Gasteiger partial charge in [0.05, 0.1) is 11.9 Å². The van der Waals surface area contributed by atoms with Crippen LogP contribution < -0.4 is 4.90 Å². The second-order valence-corrected chi connectivity index (χ2v) is 6.79. The molecule has 5 heteroatoms. The summed E-state index contributed by atoms with van der Waals surface area (Å²) in [4.78, 5) is 9.62. The highest BCUT2D eigenvalue weighted by Crippen LogP contribution is 2.24. The second kappa shape index (κ2) is 7.23. The lowest BCUT2D eigenvalue weighted by Crippen LogP contribution is -2.27. The summed E-state index contributed by atoms with van der Waals surface area (Å²) >= 11 is 0. The zero-order valence-electron chi connectivity index (χ0n) is 14.8. The molecule has 0 aliphatic carbocycles. The number of benzene rings is 1. The largest absolute Gasteiger partial charge is 0.359 e. The average molecular weight is 335 g/mol. The van der Waals surface area contributed by atoms with E-state index in [1.807, 2.05) is 22.8 Å². The van der Waals surface area contributed by atoms with Gasteiger partial charge in [0.1, 0.15) is 5.82 Å². The van der Waals surface area contributed by atoms with Crippen LogP contribution in [-0.4, -0.2) is 52.7 Å². The first kappa shape index (κ1) is 16.1. The van der Waals surface area contributed by atoms with Crippen molar-refractivity contribution in [3.63, 3.8) is 0 Å². The lowest BCUT2D eigenvalue weighted by Gasteiger charge is -2.22. The molecule has 1 aliphatic heterocycles. The van der Waals surface area contributed by atoms with Crippen LogP contribution in [0.15, 0.2) is 48.7 Å². The van der Waals surface area contributed by atoms with Gasteiger partial charge < -0.3 is 9.80 Å². The van der Waals surface area contributed by atoms with Crippen LogP contribution in [0.3, 0.4) is 0 Å². The number of likely N-dealkylation sites (tertiary alicyclic amines) is 1. The van der Waals surface area contributed by atoms with Crippen molar-refractivity contribution in [2.45, 2.75) is 19.3 Å². The maximum absolute atomic E-state index is 4.76. The summed E-state index contributed by atoms with van der Waals surface area (Å²) < 4.78 is 1.93. The molecular weight excluding hydrogens is 310 g/mol. The third-order valence-corrected chi connectivity index (χ3v) is 4.97. The van der Waals surface area contributed by atoms with Crippen molar-refractivity contribution in [3.05, 3.63) is 48.7 Å². The Morgan fingerprint density at radius 1 is 1.08 bits per heavy atom. The molecule has 0 saturated carbocycles. The summed E-state index contributed by atoms with van der Waals surface area (Å²) in [6.45, 7) is 4.73. The van der Waals surface area contributed by atoms with E-state index in [-0.39, 0.29) is 0 Å². The van der Waals surface area contributed by atoms with Gasteiger partial charge in [0, 0.05) is 31.3 Å². The second-order valence-electron chi connectivity index (χ2n) is 6.79. The van der Waals surface area contributed by atoms with E-state index >= 15 is 0 Å². The zero-order valence-corrected chi connectivity index (χ0v) is 14.8. The molecule has 0 bridgehead atoms. The summed E-state index contributed by atoms with van der Waals surface area (Å²) in [5.41, 5.74) is 3.02. The maximum atomic E-state index is 4.76. The molecule has 130 valence electrons. The molecule has 5 nitrogen and oxygen atoms in total. The lowest BCUT2D eigenvalue weighted by atomic mass is 10.1. The quantitative estimate of drug-likeness (QED) is 0.692. The Kier molecular flexibility index (Phi) is 4.65. The molecule has 1 aromatic carbocycles. The summed E-state index contributed by atoms with van der Waals surface area (Å²) in [5.74, 6) is 1.09. The molecule has 3 heterocycles. The Morgan fingerprint density at radius 2 is 1.88 bits per heavy atom. The molecule has 0 amide bonds. The van der Waals surface area contributed by atoms with Gasteiger partial charge in [-0.25, -0.2) is 4.98 Å². The molecule has 3 aromatic rings. The van der Waals surface area contributed by atoms with Crippen LogP contribution in [-0.2, 0) is 0 Å². The van der Waals surface area contributed by atoms with Gasteiger partial charge in [-0.2, -0.15) is 9.61 Å². The van der Waals surface area contributed by atoms with Crippen LogP contribution in [0.4, 0.5) is 5.82 Å². The van der Waals surface area contributed by atoms with Gasteiger partial charge in [0.15, 0.2) is 5.65 Å². The number of rotatable bonds is 6. The van der Waals surface area contributed by atoms with Crippen LogP contribution in [0.1, 0.15) is 19.3 Å². The normalized spacial score (nSPS) is 15.1. The van der Waals surface area contributed by atoms with Crippen LogP contribution in [0.25, 0.3) is 16.9 Å². The highest BCUT2D eigenvalue weighted by molar-refractivity contribution is 5.66. The molecule has 1 aliphatic rings. The Labute approximate surface area is 148 Å². The number of hydrogen-bond donors (Lipinski definition) is 0. The van der Waals surface area contributed by atoms with E-state index in [9.17, 15) is 0 Å². The third kappa shape index (κ3) is 3.51. The van der Waals surface area contributed by atoms with E-state index < -0.39 is 0 Å². The number of nitrogens with zero attached hydrogens (tertiary/aromatic N) is 5. The Bertz CT molecular complexity index is 820. The molecule has 4 rings (SSSR count). The van der Waals surface area contributed by atoms with Crippen molar-refractivity contribution < 1.29 is 0 Å². The van der Waals surface area contributed by atoms with E-state index in [2.05, 4.69) is 52.3 Å². The Balaban J connectivity index is 1.55. The van der Waals surface area contributed by atoms with E-state index in [0.29, 0.717) is 0 Å². The predicted molar refractivity (Wildman–Crippen MR) is 102 cm³/mol. The molecule has 2 aromatic heterocycles. The first-order valence-corrected chi connectivity index (χ1v) is 9.15. The lowest BCUT2D eigenvalue weighted by molar-refractivity contribution is 0.335. The van der Waals surface area contributed by atoms with Crippen LogP contribution in [0, 0.1) is 0 Å². The highest BCUT2D eigenvalue weighted by atomic mass is 15.3. The summed E-state index contributed by atoms with van der Waals surface area (Å²) in [6, 6.07) is 14.5. The van der Waals surface area contributed by atoms with E-state index in [1.165, 1.54) is 38.9 Å². The standard InChI is InChI=1S/C20H25N5/c1-23(12-7-15-24-13-5-6-14-24)20-16-18(17-8-3-2-4-9-17)22-19-10-11-21-25(19)20/h2-4,8-11,16H,5-7,12-15H2,1H3. The number of hydrogen-bond acceptors (Lipinski definition) is 4. The van der Waals surface area contributed by atoms with E-state index in [1.54, 1.807) is 0 Å². The van der Waals surface area contributed by atoms with Gasteiger partial charge in [0.2, 0.25) is 0 Å². The SMILES string of the molecule is CN(CCCN1CCCC1)c1cc(-c2ccccc2)nc2ccnn12. The average Bonchev–Trinajstić information content (AvgIpc) is 3.33. The van der Waals surface area contributed by atoms with Crippen molar-refractivity contribution in [3.8, 4) is 11.3 Å². The smallest absolute Gasteiger partial charge is 0.157 e. The molecule has 25 heavy (non-hydrogen) atoms. The van der Waals surface area contributed by atoms with Crippen molar-refractivity contribution >= 4 is 11.5 Å². The van der Waals surface area contributed by atoms with Gasteiger partial charge in [-0.1, -0.05) is 30.3 Å². The van der Waals surface area contributed by atoms with Gasteiger partial charge in [-0.15, -0.1) is 0 Å². The third-order valence-electron chi connectivity index (χ3n) is 4.97. The van der Waals surface area contributed by atoms with Crippen molar-refractivity contribution in [2.75, 3.05) is 38.1 Å². The minimum Gasteiger partial charge on any atom is -0.359 e. The molecule has 1 fully saturated rings.